The van der Waals surface area contributed by atoms with Gasteiger partial charge in [0, 0.05) is 30.3 Å². The number of benzene rings is 2. The molecule has 0 spiro atoms. The van der Waals surface area contributed by atoms with Gasteiger partial charge in [-0.3, -0.25) is 14.9 Å². The van der Waals surface area contributed by atoms with Crippen LogP contribution in [0.25, 0.3) is 10.2 Å². The quantitative estimate of drug-likeness (QED) is 0.520. The van der Waals surface area contributed by atoms with E-state index in [0.717, 1.165) is 20.9 Å². The standard InChI is InChI=1S/C18H16N4O3S/c1-19-17(23)11-4-6-13(15(8-11)22(24)25)20-12-5-7-14-16(9-12)26-18(21-14)10-2-3-10/h4-10,20H,2-3H2,1H3,(H,19,23). The average Bonchev–Trinajstić information content (AvgIpc) is 3.40. The molecule has 3 aromatic rings. The van der Waals surface area contributed by atoms with Crippen LogP contribution in [0.4, 0.5) is 17.1 Å². The number of amides is 1. The van der Waals surface area contributed by atoms with Gasteiger partial charge in [-0.15, -0.1) is 11.3 Å². The summed E-state index contributed by atoms with van der Waals surface area (Å²) in [4.78, 5) is 27.3. The Kier molecular flexibility index (Phi) is 4.04. The van der Waals surface area contributed by atoms with Gasteiger partial charge in [-0.1, -0.05) is 0 Å². The Morgan fingerprint density at radius 3 is 2.77 bits per heavy atom. The molecule has 1 aliphatic rings. The molecule has 1 saturated carbocycles. The van der Waals surface area contributed by atoms with Gasteiger partial charge in [0.1, 0.15) is 5.69 Å². The molecule has 0 aliphatic heterocycles. The molecule has 4 rings (SSSR count). The van der Waals surface area contributed by atoms with Crippen molar-refractivity contribution >= 4 is 44.5 Å². The molecule has 1 amide bonds. The fourth-order valence-electron chi connectivity index (χ4n) is 2.75. The third-order valence-corrected chi connectivity index (χ3v) is 5.47. The van der Waals surface area contributed by atoms with Crippen LogP contribution in [-0.4, -0.2) is 22.9 Å². The molecule has 1 heterocycles. The van der Waals surface area contributed by atoms with E-state index < -0.39 is 4.92 Å². The van der Waals surface area contributed by atoms with Crippen LogP contribution in [0.2, 0.25) is 0 Å². The summed E-state index contributed by atoms with van der Waals surface area (Å²) in [6.45, 7) is 0. The van der Waals surface area contributed by atoms with Gasteiger partial charge in [-0.25, -0.2) is 4.98 Å². The summed E-state index contributed by atoms with van der Waals surface area (Å²) in [6, 6.07) is 10.1. The molecule has 1 fully saturated rings. The van der Waals surface area contributed by atoms with Crippen LogP contribution in [0.15, 0.2) is 36.4 Å². The monoisotopic (exact) mass is 368 g/mol. The third-order valence-electron chi connectivity index (χ3n) is 4.29. The molecule has 1 aromatic heterocycles. The van der Waals surface area contributed by atoms with Crippen molar-refractivity contribution in [3.05, 3.63) is 57.1 Å². The molecule has 2 N–H and O–H groups in total. The van der Waals surface area contributed by atoms with Gasteiger partial charge in [0.25, 0.3) is 11.6 Å². The Morgan fingerprint density at radius 1 is 1.27 bits per heavy atom. The van der Waals surface area contributed by atoms with Gasteiger partial charge >= 0.3 is 0 Å². The van der Waals surface area contributed by atoms with Crippen molar-refractivity contribution in [2.45, 2.75) is 18.8 Å². The maximum Gasteiger partial charge on any atom is 0.293 e. The highest BCUT2D eigenvalue weighted by Crippen LogP contribution is 2.43. The Balaban J connectivity index is 1.66. The van der Waals surface area contributed by atoms with Crippen LogP contribution in [0.1, 0.15) is 34.1 Å². The molecule has 7 nitrogen and oxygen atoms in total. The van der Waals surface area contributed by atoms with Crippen LogP contribution in [0.5, 0.6) is 0 Å². The van der Waals surface area contributed by atoms with Crippen molar-refractivity contribution < 1.29 is 9.72 Å². The molecule has 0 atom stereocenters. The van der Waals surface area contributed by atoms with Crippen LogP contribution in [0, 0.1) is 10.1 Å². The molecule has 0 saturated heterocycles. The van der Waals surface area contributed by atoms with Crippen LogP contribution >= 0.6 is 11.3 Å². The highest BCUT2D eigenvalue weighted by molar-refractivity contribution is 7.18. The number of nitrogens with one attached hydrogen (secondary N) is 2. The number of fused-ring (bicyclic) bond motifs is 1. The zero-order valence-corrected chi connectivity index (χ0v) is 14.8. The summed E-state index contributed by atoms with van der Waals surface area (Å²) < 4.78 is 1.06. The lowest BCUT2D eigenvalue weighted by Gasteiger charge is -2.08. The minimum Gasteiger partial charge on any atom is -0.355 e. The van der Waals surface area contributed by atoms with E-state index in [4.69, 9.17) is 0 Å². The fraction of sp³-hybridized carbons (Fsp3) is 0.222. The number of hydrogen-bond donors (Lipinski definition) is 2. The van der Waals surface area contributed by atoms with Gasteiger partial charge in [-0.05, 0) is 43.2 Å². The number of nitro groups is 1. The zero-order chi connectivity index (χ0) is 18.3. The van der Waals surface area contributed by atoms with Gasteiger partial charge in [-0.2, -0.15) is 0 Å². The van der Waals surface area contributed by atoms with E-state index >= 15 is 0 Å². The summed E-state index contributed by atoms with van der Waals surface area (Å²) in [7, 11) is 1.49. The van der Waals surface area contributed by atoms with Crippen molar-refractivity contribution in [1.82, 2.24) is 10.3 Å². The van der Waals surface area contributed by atoms with Crippen LogP contribution < -0.4 is 10.6 Å². The Hall–Kier alpha value is -3.00. The van der Waals surface area contributed by atoms with Gasteiger partial charge in [0.05, 0.1) is 20.1 Å². The first-order valence-corrected chi connectivity index (χ1v) is 9.05. The number of aromatic nitrogens is 1. The van der Waals surface area contributed by atoms with E-state index in [-0.39, 0.29) is 17.2 Å². The number of nitrogens with zero attached hydrogens (tertiary/aromatic N) is 2. The zero-order valence-electron chi connectivity index (χ0n) is 14.0. The molecular weight excluding hydrogens is 352 g/mol. The Bertz CT molecular complexity index is 1030. The molecular formula is C18H16N4O3S. The maximum atomic E-state index is 11.7. The number of nitro benzene ring substituents is 1. The minimum absolute atomic E-state index is 0.144. The van der Waals surface area contributed by atoms with Crippen molar-refractivity contribution in [2.24, 2.45) is 0 Å². The smallest absolute Gasteiger partial charge is 0.293 e. The summed E-state index contributed by atoms with van der Waals surface area (Å²) in [5.41, 5.74) is 2.14. The molecule has 26 heavy (non-hydrogen) atoms. The molecule has 8 heteroatoms. The lowest BCUT2D eigenvalue weighted by Crippen LogP contribution is -2.17. The number of thiazole rings is 1. The predicted octanol–water partition coefficient (Wildman–Crippen LogP) is 4.19. The van der Waals surface area contributed by atoms with Crippen molar-refractivity contribution in [1.29, 1.82) is 0 Å². The average molecular weight is 368 g/mol. The van der Waals surface area contributed by atoms with Gasteiger partial charge in [0.15, 0.2) is 0 Å². The first kappa shape index (κ1) is 16.5. The van der Waals surface area contributed by atoms with E-state index in [0.29, 0.717) is 11.6 Å². The number of rotatable bonds is 5. The van der Waals surface area contributed by atoms with E-state index in [1.54, 1.807) is 23.5 Å². The number of hydrogen-bond acceptors (Lipinski definition) is 6. The lowest BCUT2D eigenvalue weighted by molar-refractivity contribution is -0.383. The number of carbonyl (C=O) groups excluding carboxylic acids is 1. The van der Waals surface area contributed by atoms with Crippen molar-refractivity contribution in [3.63, 3.8) is 0 Å². The molecule has 0 radical (unpaired) electrons. The summed E-state index contributed by atoms with van der Waals surface area (Å²) in [6.07, 6.45) is 2.41. The second kappa shape index (κ2) is 6.38. The van der Waals surface area contributed by atoms with Crippen LogP contribution in [-0.2, 0) is 0 Å². The minimum atomic E-state index is -0.495. The van der Waals surface area contributed by atoms with E-state index in [2.05, 4.69) is 15.6 Å². The highest BCUT2D eigenvalue weighted by atomic mass is 32.1. The fourth-order valence-corrected chi connectivity index (χ4v) is 3.93. The molecule has 1 aliphatic carbocycles. The van der Waals surface area contributed by atoms with Crippen LogP contribution in [0.3, 0.4) is 0 Å². The maximum absolute atomic E-state index is 11.7. The van der Waals surface area contributed by atoms with Crippen molar-refractivity contribution in [2.75, 3.05) is 12.4 Å². The summed E-state index contributed by atoms with van der Waals surface area (Å²) in [5.74, 6) is 0.237. The molecule has 132 valence electrons. The summed E-state index contributed by atoms with van der Waals surface area (Å²) >= 11 is 1.67. The highest BCUT2D eigenvalue weighted by Gasteiger charge is 2.27. The van der Waals surface area contributed by atoms with E-state index in [1.165, 1.54) is 26.0 Å². The first-order chi connectivity index (χ1) is 12.5. The SMILES string of the molecule is CNC(=O)c1ccc(Nc2ccc3nc(C4CC4)sc3c2)c([N+](=O)[O-])c1. The molecule has 0 unspecified atom stereocenters. The van der Waals surface area contributed by atoms with Gasteiger partial charge < -0.3 is 10.6 Å². The van der Waals surface area contributed by atoms with Crippen molar-refractivity contribution in [3.8, 4) is 0 Å². The Morgan fingerprint density at radius 2 is 2.08 bits per heavy atom. The van der Waals surface area contributed by atoms with Gasteiger partial charge in [0.2, 0.25) is 0 Å². The molecule has 0 bridgehead atoms. The largest absolute Gasteiger partial charge is 0.355 e. The Labute approximate surface area is 153 Å². The second-order valence-electron chi connectivity index (χ2n) is 6.20. The second-order valence-corrected chi connectivity index (χ2v) is 7.26. The summed E-state index contributed by atoms with van der Waals surface area (Å²) in [5, 5.41) is 18.1. The predicted molar refractivity (Wildman–Crippen MR) is 101 cm³/mol. The molecule has 2 aromatic carbocycles. The number of carbonyl (C=O) groups is 1. The number of anilines is 2. The van der Waals surface area contributed by atoms with E-state index in [9.17, 15) is 14.9 Å². The lowest BCUT2D eigenvalue weighted by atomic mass is 10.1. The first-order valence-electron chi connectivity index (χ1n) is 8.23. The third kappa shape index (κ3) is 3.11. The topological polar surface area (TPSA) is 97.2 Å². The van der Waals surface area contributed by atoms with E-state index in [1.807, 2.05) is 18.2 Å². The normalized spacial score (nSPS) is 13.6.